The van der Waals surface area contributed by atoms with E-state index in [9.17, 15) is 0 Å². The quantitative estimate of drug-likeness (QED) is 0.180. The summed E-state index contributed by atoms with van der Waals surface area (Å²) in [4.78, 5) is 15.5. The van der Waals surface area contributed by atoms with E-state index in [1.54, 1.807) is 0 Å². The van der Waals surface area contributed by atoms with Gasteiger partial charge in [-0.15, -0.1) is 11.3 Å². The second-order valence-electron chi connectivity index (χ2n) is 12.4. The zero-order valence-electron chi connectivity index (χ0n) is 26.3. The summed E-state index contributed by atoms with van der Waals surface area (Å²) in [6, 6.07) is 58.0. The lowest BCUT2D eigenvalue weighted by Gasteiger charge is -2.13. The van der Waals surface area contributed by atoms with Crippen molar-refractivity contribution in [3.8, 4) is 45.3 Å². The van der Waals surface area contributed by atoms with E-state index in [0.29, 0.717) is 17.5 Å². The Balaban J connectivity index is 1.16. The normalized spacial score (nSPS) is 11.7. The van der Waals surface area contributed by atoms with Gasteiger partial charge in [-0.1, -0.05) is 140 Å². The topological polar surface area (TPSA) is 38.7 Å². The highest BCUT2D eigenvalue weighted by atomic mass is 32.1. The predicted octanol–water partition coefficient (Wildman–Crippen LogP) is 12.4. The van der Waals surface area contributed by atoms with Gasteiger partial charge >= 0.3 is 0 Å². The van der Waals surface area contributed by atoms with Gasteiger partial charge in [-0.25, -0.2) is 15.0 Å². The summed E-state index contributed by atoms with van der Waals surface area (Å²) < 4.78 is 2.61. The van der Waals surface area contributed by atoms with E-state index >= 15 is 0 Å². The molecule has 3 nitrogen and oxygen atoms in total. The predicted molar refractivity (Wildman–Crippen MR) is 207 cm³/mol. The molecule has 0 N–H and O–H groups in total. The van der Waals surface area contributed by atoms with Crippen LogP contribution in [-0.4, -0.2) is 15.0 Å². The molecule has 0 saturated carbocycles. The molecule has 0 bridgehead atoms. The smallest absolute Gasteiger partial charge is 0.164 e. The second kappa shape index (κ2) is 11.2. The number of hydrogen-bond donors (Lipinski definition) is 0. The first kappa shape index (κ1) is 27.8. The van der Waals surface area contributed by atoms with Gasteiger partial charge in [0.15, 0.2) is 17.5 Å². The van der Waals surface area contributed by atoms with Crippen LogP contribution in [0.15, 0.2) is 164 Å². The molecule has 0 fully saturated rings. The summed E-state index contributed by atoms with van der Waals surface area (Å²) >= 11 is 1.84. The molecule has 0 saturated heterocycles. The van der Waals surface area contributed by atoms with Crippen molar-refractivity contribution in [2.45, 2.75) is 0 Å². The highest BCUT2D eigenvalue weighted by Gasteiger charge is 2.17. The van der Waals surface area contributed by atoms with Gasteiger partial charge in [-0.05, 0) is 67.7 Å². The molecule has 0 aliphatic heterocycles. The van der Waals surface area contributed by atoms with E-state index in [0.717, 1.165) is 32.8 Å². The fourth-order valence-electron chi connectivity index (χ4n) is 7.14. The third-order valence-corrected chi connectivity index (χ3v) is 10.6. The van der Waals surface area contributed by atoms with Crippen molar-refractivity contribution in [1.82, 2.24) is 15.0 Å². The monoisotopic (exact) mass is 641 g/mol. The molecular formula is C45H27N3S. The molecule has 0 spiro atoms. The van der Waals surface area contributed by atoms with Crippen LogP contribution in [0.2, 0.25) is 0 Å². The summed E-state index contributed by atoms with van der Waals surface area (Å²) in [6.07, 6.45) is 0. The largest absolute Gasteiger partial charge is 0.208 e. The first-order valence-corrected chi connectivity index (χ1v) is 17.3. The molecule has 0 amide bonds. The van der Waals surface area contributed by atoms with E-state index < -0.39 is 0 Å². The van der Waals surface area contributed by atoms with E-state index in [-0.39, 0.29) is 0 Å². The average Bonchev–Trinajstić information content (AvgIpc) is 3.56. The molecule has 0 atom stereocenters. The van der Waals surface area contributed by atoms with Crippen LogP contribution >= 0.6 is 11.3 Å². The fraction of sp³-hybridized carbons (Fsp3) is 0. The lowest BCUT2D eigenvalue weighted by Crippen LogP contribution is -2.01. The molecular weight excluding hydrogens is 615 g/mol. The summed E-state index contributed by atoms with van der Waals surface area (Å²) in [7, 11) is 0. The Morgan fingerprint density at radius 2 is 0.918 bits per heavy atom. The minimum atomic E-state index is 0.649. The highest BCUT2D eigenvalue weighted by Crippen LogP contribution is 2.40. The lowest BCUT2D eigenvalue weighted by molar-refractivity contribution is 1.08. The minimum absolute atomic E-state index is 0.649. The Kier molecular flexibility index (Phi) is 6.36. The third-order valence-electron chi connectivity index (χ3n) is 9.51. The van der Waals surface area contributed by atoms with E-state index in [4.69, 9.17) is 15.0 Å². The summed E-state index contributed by atoms with van der Waals surface area (Å²) in [5.41, 5.74) is 5.30. The Morgan fingerprint density at radius 3 is 1.76 bits per heavy atom. The van der Waals surface area contributed by atoms with Crippen LogP contribution in [0.1, 0.15) is 0 Å². The van der Waals surface area contributed by atoms with Gasteiger partial charge in [-0.3, -0.25) is 0 Å². The molecule has 0 aliphatic carbocycles. The molecule has 8 aromatic carbocycles. The molecule has 0 radical (unpaired) electrons. The van der Waals surface area contributed by atoms with E-state index in [2.05, 4.69) is 164 Å². The van der Waals surface area contributed by atoms with Crippen molar-refractivity contribution in [2.75, 3.05) is 0 Å². The van der Waals surface area contributed by atoms with Gasteiger partial charge in [0.2, 0.25) is 0 Å². The molecule has 2 aromatic heterocycles. The summed E-state index contributed by atoms with van der Waals surface area (Å²) in [6.45, 7) is 0. The molecule has 2 heterocycles. The van der Waals surface area contributed by atoms with Gasteiger partial charge in [0.1, 0.15) is 0 Å². The van der Waals surface area contributed by atoms with Gasteiger partial charge in [0.25, 0.3) is 0 Å². The van der Waals surface area contributed by atoms with E-state index in [1.807, 2.05) is 11.3 Å². The minimum Gasteiger partial charge on any atom is -0.208 e. The molecule has 49 heavy (non-hydrogen) atoms. The number of thiophene rings is 1. The number of hydrogen-bond acceptors (Lipinski definition) is 4. The van der Waals surface area contributed by atoms with Crippen LogP contribution in [0, 0.1) is 0 Å². The van der Waals surface area contributed by atoms with Crippen LogP contribution in [0.25, 0.3) is 97.8 Å². The van der Waals surface area contributed by atoms with Gasteiger partial charge in [0, 0.05) is 36.9 Å². The maximum absolute atomic E-state index is 5.18. The Hall–Kier alpha value is -6.23. The standard InChI is InChI=1S/C45H27N3S/c1-2-11-31-26-33(25-20-28(31)10-1)44-46-43(47-45(48-44)39-27-32-12-3-4-13-34(32)36-14-5-6-15-37(36)39)30-23-21-29(22-24-30)35-17-9-19-41-42(35)38-16-7-8-18-40(38)49-41/h1-27H. The Labute approximate surface area is 286 Å². The SMILES string of the molecule is c1ccc2cc(-c3nc(-c4ccc(-c5cccc6sc7ccccc7c56)cc4)nc(-c4cc5ccccc5c5ccccc45)n3)ccc2c1. The molecule has 228 valence electrons. The molecule has 10 rings (SSSR count). The molecule has 10 aromatic rings. The van der Waals surface area contributed by atoms with E-state index in [1.165, 1.54) is 47.5 Å². The number of nitrogens with zero attached hydrogens (tertiary/aromatic N) is 3. The van der Waals surface area contributed by atoms with Crippen LogP contribution in [-0.2, 0) is 0 Å². The van der Waals surface area contributed by atoms with Crippen molar-refractivity contribution < 1.29 is 0 Å². The number of benzene rings is 8. The van der Waals surface area contributed by atoms with Crippen LogP contribution < -0.4 is 0 Å². The number of aromatic nitrogens is 3. The van der Waals surface area contributed by atoms with Crippen molar-refractivity contribution >= 4 is 63.8 Å². The molecule has 0 unspecified atom stereocenters. The van der Waals surface area contributed by atoms with Gasteiger partial charge in [-0.2, -0.15) is 0 Å². The summed E-state index contributed by atoms with van der Waals surface area (Å²) in [5.74, 6) is 1.96. The summed E-state index contributed by atoms with van der Waals surface area (Å²) in [5, 5.41) is 9.62. The average molecular weight is 642 g/mol. The third kappa shape index (κ3) is 4.68. The number of rotatable bonds is 4. The first-order chi connectivity index (χ1) is 24.3. The van der Waals surface area contributed by atoms with Crippen molar-refractivity contribution in [2.24, 2.45) is 0 Å². The molecule has 0 aliphatic rings. The van der Waals surface area contributed by atoms with Crippen LogP contribution in [0.4, 0.5) is 0 Å². The number of fused-ring (bicyclic) bond motifs is 7. The molecule has 4 heteroatoms. The zero-order valence-corrected chi connectivity index (χ0v) is 27.2. The Bertz CT molecular complexity index is 2890. The first-order valence-electron chi connectivity index (χ1n) is 16.4. The lowest BCUT2D eigenvalue weighted by atomic mass is 9.96. The maximum atomic E-state index is 5.18. The van der Waals surface area contributed by atoms with Crippen molar-refractivity contribution in [1.29, 1.82) is 0 Å². The fourth-order valence-corrected chi connectivity index (χ4v) is 8.27. The van der Waals surface area contributed by atoms with Crippen molar-refractivity contribution in [3.05, 3.63) is 164 Å². The van der Waals surface area contributed by atoms with Crippen LogP contribution in [0.3, 0.4) is 0 Å². The van der Waals surface area contributed by atoms with Crippen LogP contribution in [0.5, 0.6) is 0 Å². The highest BCUT2D eigenvalue weighted by molar-refractivity contribution is 7.25. The van der Waals surface area contributed by atoms with Crippen molar-refractivity contribution in [3.63, 3.8) is 0 Å². The van der Waals surface area contributed by atoms with Gasteiger partial charge in [0.05, 0.1) is 0 Å². The zero-order chi connectivity index (χ0) is 32.3. The Morgan fingerprint density at radius 1 is 0.327 bits per heavy atom. The van der Waals surface area contributed by atoms with Gasteiger partial charge < -0.3 is 0 Å². The maximum Gasteiger partial charge on any atom is 0.164 e. The second-order valence-corrected chi connectivity index (χ2v) is 13.5.